The van der Waals surface area contributed by atoms with E-state index in [9.17, 15) is 4.79 Å². The zero-order valence-corrected chi connectivity index (χ0v) is 9.63. The van der Waals surface area contributed by atoms with Crippen molar-refractivity contribution in [1.29, 1.82) is 0 Å². The molecule has 1 heterocycles. The van der Waals surface area contributed by atoms with Gasteiger partial charge in [0.1, 0.15) is 22.7 Å². The second-order valence-corrected chi connectivity index (χ2v) is 4.33. The van der Waals surface area contributed by atoms with Gasteiger partial charge < -0.3 is 10.4 Å². The molecule has 0 bridgehead atoms. The topological polar surface area (TPSA) is 75.1 Å². The summed E-state index contributed by atoms with van der Waals surface area (Å²) >= 11 is 1.48. The highest BCUT2D eigenvalue weighted by Crippen LogP contribution is 2.17. The summed E-state index contributed by atoms with van der Waals surface area (Å²) < 4.78 is 0. The van der Waals surface area contributed by atoms with Gasteiger partial charge in [-0.1, -0.05) is 0 Å². The Balaban J connectivity index is 2.85. The van der Waals surface area contributed by atoms with Crippen LogP contribution in [0.5, 0.6) is 0 Å². The summed E-state index contributed by atoms with van der Waals surface area (Å²) in [4.78, 5) is 18.8. The molecule has 0 amide bonds. The van der Waals surface area contributed by atoms with Crippen LogP contribution >= 0.6 is 11.8 Å². The minimum absolute atomic E-state index is 0.516. The number of hydrogen-bond donors (Lipinski definition) is 2. The fraction of sp³-hybridized carbons (Fsp3) is 0.444. The molecule has 5 nitrogen and oxygen atoms in total. The first-order valence-electron chi connectivity index (χ1n) is 4.33. The van der Waals surface area contributed by atoms with Gasteiger partial charge in [0.05, 0.1) is 0 Å². The second kappa shape index (κ2) is 4.48. The number of nitrogens with one attached hydrogen (secondary N) is 1. The van der Waals surface area contributed by atoms with Crippen molar-refractivity contribution in [2.75, 3.05) is 11.6 Å². The van der Waals surface area contributed by atoms with Crippen molar-refractivity contribution in [3.63, 3.8) is 0 Å². The van der Waals surface area contributed by atoms with Crippen molar-refractivity contribution < 1.29 is 9.90 Å². The van der Waals surface area contributed by atoms with Gasteiger partial charge >= 0.3 is 5.97 Å². The number of nitrogens with zero attached hydrogens (tertiary/aromatic N) is 2. The van der Waals surface area contributed by atoms with Crippen molar-refractivity contribution in [3.8, 4) is 0 Å². The third-order valence-electron chi connectivity index (χ3n) is 1.83. The van der Waals surface area contributed by atoms with Crippen LogP contribution in [0.2, 0.25) is 0 Å². The maximum absolute atomic E-state index is 10.9. The van der Waals surface area contributed by atoms with Crippen LogP contribution in [0.4, 0.5) is 5.82 Å². The molecule has 1 rings (SSSR count). The summed E-state index contributed by atoms with van der Waals surface area (Å²) in [5, 5.41) is 12.5. The number of carboxylic acids is 1. The smallest absolute Gasteiger partial charge is 0.328 e. The van der Waals surface area contributed by atoms with Crippen LogP contribution in [-0.4, -0.2) is 32.8 Å². The molecule has 0 aliphatic rings. The fourth-order valence-corrected chi connectivity index (χ4v) is 1.28. The van der Waals surface area contributed by atoms with Gasteiger partial charge in [0, 0.05) is 6.07 Å². The normalized spacial score (nSPS) is 11.1. The first-order valence-corrected chi connectivity index (χ1v) is 5.56. The van der Waals surface area contributed by atoms with E-state index in [0.717, 1.165) is 5.03 Å². The van der Waals surface area contributed by atoms with E-state index >= 15 is 0 Å². The zero-order valence-electron chi connectivity index (χ0n) is 8.81. The number of thioether (sulfide) groups is 1. The Morgan fingerprint density at radius 2 is 2.20 bits per heavy atom. The van der Waals surface area contributed by atoms with Gasteiger partial charge in [-0.3, -0.25) is 0 Å². The van der Waals surface area contributed by atoms with Crippen LogP contribution < -0.4 is 5.32 Å². The monoisotopic (exact) mass is 227 g/mol. The van der Waals surface area contributed by atoms with E-state index < -0.39 is 11.5 Å². The third-order valence-corrected chi connectivity index (χ3v) is 2.47. The molecule has 1 aromatic heterocycles. The highest BCUT2D eigenvalue weighted by molar-refractivity contribution is 7.98. The van der Waals surface area contributed by atoms with Gasteiger partial charge in [0.15, 0.2) is 0 Å². The molecule has 0 aliphatic heterocycles. The van der Waals surface area contributed by atoms with Crippen molar-refractivity contribution in [3.05, 3.63) is 12.4 Å². The van der Waals surface area contributed by atoms with Crippen LogP contribution in [0.3, 0.4) is 0 Å². The number of aliphatic carboxylic acids is 1. The lowest BCUT2D eigenvalue weighted by Gasteiger charge is -2.21. The van der Waals surface area contributed by atoms with Crippen LogP contribution in [0.1, 0.15) is 13.8 Å². The first-order chi connectivity index (χ1) is 6.95. The lowest BCUT2D eigenvalue weighted by atomic mass is 10.1. The zero-order chi connectivity index (χ0) is 11.5. The van der Waals surface area contributed by atoms with Gasteiger partial charge in [0.2, 0.25) is 0 Å². The standard InChI is InChI=1S/C9H13N3O2S/c1-9(2,8(13)14)12-6-4-7(15-3)11-5-10-6/h4-5H,1-3H3,(H,13,14)(H,10,11,12). The van der Waals surface area contributed by atoms with E-state index in [0.29, 0.717) is 5.82 Å². The molecule has 1 aromatic rings. The average molecular weight is 227 g/mol. The van der Waals surface area contributed by atoms with E-state index in [1.165, 1.54) is 18.1 Å². The van der Waals surface area contributed by atoms with Gasteiger partial charge in [-0.15, -0.1) is 11.8 Å². The van der Waals surface area contributed by atoms with E-state index in [-0.39, 0.29) is 0 Å². The lowest BCUT2D eigenvalue weighted by molar-refractivity contribution is -0.141. The minimum atomic E-state index is -1.04. The Kier molecular flexibility index (Phi) is 3.52. The van der Waals surface area contributed by atoms with Crippen LogP contribution in [0.15, 0.2) is 17.4 Å². The Morgan fingerprint density at radius 3 is 2.73 bits per heavy atom. The van der Waals surface area contributed by atoms with Crippen molar-refractivity contribution in [1.82, 2.24) is 9.97 Å². The highest BCUT2D eigenvalue weighted by atomic mass is 32.2. The molecular formula is C9H13N3O2S. The molecule has 0 aromatic carbocycles. The Hall–Kier alpha value is -1.30. The average Bonchev–Trinajstić information content (AvgIpc) is 2.17. The SMILES string of the molecule is CSc1cc(NC(C)(C)C(=O)O)ncn1. The molecule has 0 saturated carbocycles. The number of rotatable bonds is 4. The first kappa shape index (κ1) is 11.8. The number of carboxylic acid groups (broad SMARTS) is 1. The quantitative estimate of drug-likeness (QED) is 0.599. The fourth-order valence-electron chi connectivity index (χ4n) is 0.893. The summed E-state index contributed by atoms with van der Waals surface area (Å²) in [5.74, 6) is -0.409. The van der Waals surface area contributed by atoms with Crippen molar-refractivity contribution >= 4 is 23.5 Å². The molecule has 0 atom stereocenters. The molecule has 0 aliphatic carbocycles. The van der Waals surface area contributed by atoms with Gasteiger partial charge in [-0.05, 0) is 20.1 Å². The maximum Gasteiger partial charge on any atom is 0.328 e. The van der Waals surface area contributed by atoms with Crippen molar-refractivity contribution in [2.24, 2.45) is 0 Å². The Labute approximate surface area is 92.3 Å². The van der Waals surface area contributed by atoms with E-state index in [4.69, 9.17) is 5.11 Å². The van der Waals surface area contributed by atoms with Crippen molar-refractivity contribution in [2.45, 2.75) is 24.4 Å². The van der Waals surface area contributed by atoms with Crippen LogP contribution in [-0.2, 0) is 4.79 Å². The van der Waals surface area contributed by atoms with Gasteiger partial charge in [-0.25, -0.2) is 14.8 Å². The third kappa shape index (κ3) is 3.09. The highest BCUT2D eigenvalue weighted by Gasteiger charge is 2.27. The number of aromatic nitrogens is 2. The summed E-state index contributed by atoms with van der Waals surface area (Å²) in [6.45, 7) is 3.16. The Bertz CT molecular complexity index is 368. The summed E-state index contributed by atoms with van der Waals surface area (Å²) in [7, 11) is 0. The van der Waals surface area contributed by atoms with Gasteiger partial charge in [0.25, 0.3) is 0 Å². The number of carbonyl (C=O) groups is 1. The lowest BCUT2D eigenvalue weighted by Crippen LogP contribution is -2.40. The molecule has 0 saturated heterocycles. The molecule has 0 fully saturated rings. The molecular weight excluding hydrogens is 214 g/mol. The number of hydrogen-bond acceptors (Lipinski definition) is 5. The molecule has 0 radical (unpaired) electrons. The van der Waals surface area contributed by atoms with Crippen LogP contribution in [0, 0.1) is 0 Å². The minimum Gasteiger partial charge on any atom is -0.480 e. The summed E-state index contributed by atoms with van der Waals surface area (Å²) in [6.07, 6.45) is 3.31. The molecule has 0 unspecified atom stereocenters. The van der Waals surface area contributed by atoms with Crippen LogP contribution in [0.25, 0.3) is 0 Å². The molecule has 6 heteroatoms. The molecule has 82 valence electrons. The second-order valence-electron chi connectivity index (χ2n) is 3.50. The number of anilines is 1. The van der Waals surface area contributed by atoms with E-state index in [2.05, 4.69) is 15.3 Å². The Morgan fingerprint density at radius 1 is 1.53 bits per heavy atom. The summed E-state index contributed by atoms with van der Waals surface area (Å²) in [5.41, 5.74) is -1.04. The molecule has 15 heavy (non-hydrogen) atoms. The van der Waals surface area contributed by atoms with E-state index in [1.54, 1.807) is 19.9 Å². The molecule has 0 spiro atoms. The largest absolute Gasteiger partial charge is 0.480 e. The predicted octanol–water partition coefficient (Wildman–Crippen LogP) is 1.47. The predicted molar refractivity (Wildman–Crippen MR) is 59.2 cm³/mol. The maximum atomic E-state index is 10.9. The molecule has 2 N–H and O–H groups in total. The summed E-state index contributed by atoms with van der Waals surface area (Å²) in [6, 6.07) is 1.72. The van der Waals surface area contributed by atoms with Gasteiger partial charge in [-0.2, -0.15) is 0 Å². The van der Waals surface area contributed by atoms with E-state index in [1.807, 2.05) is 6.26 Å².